The summed E-state index contributed by atoms with van der Waals surface area (Å²) in [6.07, 6.45) is -5.42. The van der Waals surface area contributed by atoms with Gasteiger partial charge in [-0.15, -0.1) is 0 Å². The second kappa shape index (κ2) is 12.0. The molecule has 0 atom stereocenters. The molecule has 1 aliphatic rings. The Kier molecular flexibility index (Phi) is 8.66. The number of anilines is 1. The van der Waals surface area contributed by atoms with Crippen LogP contribution in [0.4, 0.5) is 32.4 Å². The van der Waals surface area contributed by atoms with E-state index < -0.39 is 47.1 Å². The lowest BCUT2D eigenvalue weighted by molar-refractivity contribution is -0.137. The fourth-order valence-corrected chi connectivity index (χ4v) is 4.53. The highest BCUT2D eigenvalue weighted by Gasteiger charge is 2.36. The van der Waals surface area contributed by atoms with E-state index in [9.17, 15) is 36.8 Å². The number of halogens is 5. The Labute approximate surface area is 233 Å². The van der Waals surface area contributed by atoms with E-state index in [1.54, 1.807) is 23.1 Å². The number of hydrogen-bond donors (Lipinski definition) is 0. The van der Waals surface area contributed by atoms with Gasteiger partial charge in [0.05, 0.1) is 24.4 Å². The second-order valence-corrected chi connectivity index (χ2v) is 10.1. The molecule has 3 aromatic rings. The lowest BCUT2D eigenvalue weighted by Gasteiger charge is -2.35. The molecule has 2 heterocycles. The summed E-state index contributed by atoms with van der Waals surface area (Å²) in [5.41, 5.74) is -3.27. The number of benzene rings is 2. The van der Waals surface area contributed by atoms with Crippen molar-refractivity contribution in [3.63, 3.8) is 0 Å². The van der Waals surface area contributed by atoms with Crippen molar-refractivity contribution in [3.8, 4) is 17.3 Å². The molecule has 4 rings (SSSR count). The van der Waals surface area contributed by atoms with Gasteiger partial charge >= 0.3 is 12.3 Å². The zero-order chi connectivity index (χ0) is 29.9. The average molecular weight is 575 g/mol. The van der Waals surface area contributed by atoms with E-state index >= 15 is 0 Å². The topological polar surface area (TPSA) is 78.6 Å². The summed E-state index contributed by atoms with van der Waals surface area (Å²) in [7, 11) is 0. The molecule has 0 saturated carbocycles. The van der Waals surface area contributed by atoms with Crippen molar-refractivity contribution in [2.45, 2.75) is 26.6 Å². The van der Waals surface area contributed by atoms with E-state index in [2.05, 4.69) is 0 Å². The van der Waals surface area contributed by atoms with Gasteiger partial charge in [0.15, 0.2) is 0 Å². The summed E-state index contributed by atoms with van der Waals surface area (Å²) in [6, 6.07) is 11.1. The molecule has 0 bridgehead atoms. The Morgan fingerprint density at radius 2 is 1.76 bits per heavy atom. The van der Waals surface area contributed by atoms with Crippen molar-refractivity contribution in [3.05, 3.63) is 87.2 Å². The van der Waals surface area contributed by atoms with Crippen molar-refractivity contribution in [2.24, 2.45) is 5.92 Å². The summed E-state index contributed by atoms with van der Waals surface area (Å²) in [5, 5.41) is 9.41. The highest BCUT2D eigenvalue weighted by atomic mass is 19.4. The highest BCUT2D eigenvalue weighted by molar-refractivity contribution is 5.70. The lowest BCUT2D eigenvalue weighted by atomic mass is 10.0. The average Bonchev–Trinajstić information content (AvgIpc) is 2.93. The zero-order valence-electron chi connectivity index (χ0n) is 22.3. The van der Waals surface area contributed by atoms with Gasteiger partial charge in [-0.1, -0.05) is 32.0 Å². The molecule has 0 aliphatic carbocycles. The first kappa shape index (κ1) is 29.6. The van der Waals surface area contributed by atoms with Gasteiger partial charge in [-0.25, -0.2) is 13.6 Å². The van der Waals surface area contributed by atoms with E-state index in [4.69, 9.17) is 4.74 Å². The fourth-order valence-electron chi connectivity index (χ4n) is 4.53. The number of alkyl halides is 3. The molecule has 1 amide bonds. The number of nitrogens with zero attached hydrogens (tertiary/aromatic N) is 4. The van der Waals surface area contributed by atoms with Crippen molar-refractivity contribution in [1.82, 2.24) is 9.47 Å². The first-order valence-electron chi connectivity index (χ1n) is 12.8. The summed E-state index contributed by atoms with van der Waals surface area (Å²) >= 11 is 0. The van der Waals surface area contributed by atoms with Gasteiger partial charge in [-0.05, 0) is 30.2 Å². The van der Waals surface area contributed by atoms with E-state index in [-0.39, 0.29) is 22.7 Å². The number of carbonyl (C=O) groups excluding carboxylic acids is 1. The van der Waals surface area contributed by atoms with Crippen LogP contribution in [0, 0.1) is 28.9 Å². The first-order valence-corrected chi connectivity index (χ1v) is 12.8. The van der Waals surface area contributed by atoms with Crippen LogP contribution in [0.25, 0.3) is 11.3 Å². The van der Waals surface area contributed by atoms with Gasteiger partial charge in [0.1, 0.15) is 23.3 Å². The Balaban J connectivity index is 1.71. The largest absolute Gasteiger partial charge is 0.449 e. The predicted molar refractivity (Wildman–Crippen MR) is 141 cm³/mol. The summed E-state index contributed by atoms with van der Waals surface area (Å²) < 4.78 is 75.8. The molecular weight excluding hydrogens is 547 g/mol. The maximum absolute atomic E-state index is 14.5. The number of ether oxygens (including phenoxy) is 1. The van der Waals surface area contributed by atoms with Gasteiger partial charge in [0.25, 0.3) is 5.56 Å². The molecule has 12 heteroatoms. The number of rotatable bonds is 6. The molecule has 1 saturated heterocycles. The third-order valence-electron chi connectivity index (χ3n) is 6.65. The van der Waals surface area contributed by atoms with E-state index in [0.29, 0.717) is 50.6 Å². The Morgan fingerprint density at radius 1 is 1.05 bits per heavy atom. The normalized spacial score (nSPS) is 13.8. The highest BCUT2D eigenvalue weighted by Crippen LogP contribution is 2.35. The fraction of sp³-hybridized carbons (Fsp3) is 0.345. The smallest absolute Gasteiger partial charge is 0.417 e. The summed E-state index contributed by atoms with van der Waals surface area (Å²) in [6.45, 7) is 5.21. The minimum absolute atomic E-state index is 0.143. The van der Waals surface area contributed by atoms with Crippen LogP contribution < -0.4 is 10.5 Å². The van der Waals surface area contributed by atoms with Gasteiger partial charge in [0, 0.05) is 49.1 Å². The minimum Gasteiger partial charge on any atom is -0.449 e. The Morgan fingerprint density at radius 3 is 2.37 bits per heavy atom. The predicted octanol–water partition coefficient (Wildman–Crippen LogP) is 5.65. The van der Waals surface area contributed by atoms with Gasteiger partial charge in [0.2, 0.25) is 0 Å². The molecule has 1 fully saturated rings. The van der Waals surface area contributed by atoms with Crippen LogP contribution in [0.1, 0.15) is 30.5 Å². The SMILES string of the molecule is CC(C)COC(=O)N1CCN(c2cccc(-c3cc(C(F)(F)F)c(C#N)c(=O)n3Cc3ccc(F)cc3F)c2)CC1. The first-order chi connectivity index (χ1) is 19.4. The van der Waals surface area contributed by atoms with Crippen molar-refractivity contribution < 1.29 is 31.5 Å². The quantitative estimate of drug-likeness (QED) is 0.356. The van der Waals surface area contributed by atoms with Crippen molar-refractivity contribution >= 4 is 11.8 Å². The molecule has 0 unspecified atom stereocenters. The summed E-state index contributed by atoms with van der Waals surface area (Å²) in [4.78, 5) is 29.0. The third kappa shape index (κ3) is 6.67. The van der Waals surface area contributed by atoms with Crippen LogP contribution in [0.5, 0.6) is 0 Å². The lowest BCUT2D eigenvalue weighted by Crippen LogP contribution is -2.49. The molecule has 216 valence electrons. The molecule has 7 nitrogen and oxygen atoms in total. The van der Waals surface area contributed by atoms with E-state index in [1.165, 1.54) is 12.1 Å². The van der Waals surface area contributed by atoms with Crippen LogP contribution in [0.2, 0.25) is 0 Å². The van der Waals surface area contributed by atoms with Gasteiger partial charge in [-0.2, -0.15) is 18.4 Å². The van der Waals surface area contributed by atoms with Gasteiger partial charge in [-0.3, -0.25) is 4.79 Å². The molecule has 0 radical (unpaired) electrons. The molecule has 1 aliphatic heterocycles. The monoisotopic (exact) mass is 574 g/mol. The number of aromatic nitrogens is 1. The number of piperazine rings is 1. The molecule has 1 aromatic heterocycles. The van der Waals surface area contributed by atoms with Gasteiger partial charge < -0.3 is 19.1 Å². The molecule has 0 spiro atoms. The standard InChI is InChI=1S/C29H27F5N4O3/c1-18(2)17-41-28(40)37-10-8-36(9-11-37)22-5-3-4-19(12-22)26-14-24(29(32,33)34)23(15-35)27(39)38(26)16-20-6-7-21(30)13-25(20)31/h3-7,12-14,18H,8-11,16-17H2,1-2H3. The maximum atomic E-state index is 14.5. The third-order valence-corrected chi connectivity index (χ3v) is 6.65. The van der Waals surface area contributed by atoms with E-state index in [0.717, 1.165) is 16.7 Å². The Bertz CT molecular complexity index is 1540. The van der Waals surface area contributed by atoms with Crippen LogP contribution >= 0.6 is 0 Å². The Hall–Kier alpha value is -4.40. The van der Waals surface area contributed by atoms with E-state index in [1.807, 2.05) is 18.7 Å². The van der Waals surface area contributed by atoms with Crippen LogP contribution in [0.15, 0.2) is 53.3 Å². The molecule has 41 heavy (non-hydrogen) atoms. The second-order valence-electron chi connectivity index (χ2n) is 10.1. The number of pyridine rings is 1. The number of hydrogen-bond acceptors (Lipinski definition) is 5. The number of nitriles is 1. The van der Waals surface area contributed by atoms with Crippen molar-refractivity contribution in [1.29, 1.82) is 5.26 Å². The molecular formula is C29H27F5N4O3. The zero-order valence-corrected chi connectivity index (χ0v) is 22.3. The number of amides is 1. The van der Waals surface area contributed by atoms with Crippen molar-refractivity contribution in [2.75, 3.05) is 37.7 Å². The van der Waals surface area contributed by atoms with Crippen LogP contribution in [-0.2, 0) is 17.5 Å². The van der Waals surface area contributed by atoms with Crippen LogP contribution in [-0.4, -0.2) is 48.3 Å². The summed E-state index contributed by atoms with van der Waals surface area (Å²) in [5.74, 6) is -1.65. The minimum atomic E-state index is -5.00. The molecule has 2 aromatic carbocycles. The molecule has 0 N–H and O–H groups in total. The van der Waals surface area contributed by atoms with Crippen LogP contribution in [0.3, 0.4) is 0 Å². The maximum Gasteiger partial charge on any atom is 0.417 e. The number of carbonyl (C=O) groups is 1.